The molecule has 3 rings (SSSR count). The fraction of sp³-hybridized carbons (Fsp3) is 0.333. The Hall–Kier alpha value is -1.62. The van der Waals surface area contributed by atoms with Crippen LogP contribution in [0, 0.1) is 0 Å². The lowest BCUT2D eigenvalue weighted by Gasteiger charge is -2.34. The van der Waals surface area contributed by atoms with E-state index in [1.165, 1.54) is 11.1 Å². The number of nitrogens with two attached hydrogens (primary N) is 1. The van der Waals surface area contributed by atoms with E-state index in [0.29, 0.717) is 13.7 Å². The first-order chi connectivity index (χ1) is 10.8. The van der Waals surface area contributed by atoms with Gasteiger partial charge in [-0.05, 0) is 30.4 Å². The van der Waals surface area contributed by atoms with Crippen LogP contribution < -0.4 is 11.0 Å². The fourth-order valence-corrected chi connectivity index (χ4v) is 3.08. The Balaban J connectivity index is 1.56. The Morgan fingerprint density at radius 2 is 1.68 bits per heavy atom. The van der Waals surface area contributed by atoms with E-state index in [-0.39, 0.29) is 12.1 Å². The SMILES string of the molecule is NC(Cc1ccccc1)[C@@H]1C[C@H](Cc2ccccc2)NBO1. The van der Waals surface area contributed by atoms with Gasteiger partial charge in [0.05, 0.1) is 6.10 Å². The first-order valence-corrected chi connectivity index (χ1v) is 7.99. The van der Waals surface area contributed by atoms with Crippen molar-refractivity contribution in [3.8, 4) is 0 Å². The van der Waals surface area contributed by atoms with Crippen molar-refractivity contribution in [2.45, 2.75) is 37.5 Å². The summed E-state index contributed by atoms with van der Waals surface area (Å²) in [7, 11) is 0.588. The zero-order valence-electron chi connectivity index (χ0n) is 12.8. The second kappa shape index (κ2) is 7.59. The molecule has 2 aromatic carbocycles. The molecule has 1 heterocycles. The zero-order valence-corrected chi connectivity index (χ0v) is 12.8. The van der Waals surface area contributed by atoms with Crippen molar-refractivity contribution >= 4 is 7.62 Å². The molecule has 0 aromatic heterocycles. The third-order valence-electron chi connectivity index (χ3n) is 4.30. The Bertz CT molecular complexity index is 524. The minimum absolute atomic E-state index is 0.0442. The van der Waals surface area contributed by atoms with Gasteiger partial charge in [0.2, 0.25) is 0 Å². The molecule has 3 atom stereocenters. The van der Waals surface area contributed by atoms with Crippen LogP contribution in [0.15, 0.2) is 60.7 Å². The average Bonchev–Trinajstić information content (AvgIpc) is 2.57. The Labute approximate surface area is 133 Å². The largest absolute Gasteiger partial charge is 0.420 e. The van der Waals surface area contributed by atoms with Crippen LogP contribution in [-0.4, -0.2) is 25.8 Å². The highest BCUT2D eigenvalue weighted by Gasteiger charge is 2.27. The van der Waals surface area contributed by atoms with Gasteiger partial charge in [0.1, 0.15) is 0 Å². The summed E-state index contributed by atoms with van der Waals surface area (Å²) in [5, 5.41) is 3.44. The molecule has 4 heteroatoms. The summed E-state index contributed by atoms with van der Waals surface area (Å²) >= 11 is 0. The molecule has 0 amide bonds. The lowest BCUT2D eigenvalue weighted by atomic mass is 9.89. The van der Waals surface area contributed by atoms with E-state index < -0.39 is 0 Å². The second-order valence-corrected chi connectivity index (χ2v) is 6.03. The number of hydrogen-bond donors (Lipinski definition) is 2. The summed E-state index contributed by atoms with van der Waals surface area (Å²) < 4.78 is 5.84. The molecule has 0 spiro atoms. The number of nitrogens with one attached hydrogen (secondary N) is 1. The van der Waals surface area contributed by atoms with E-state index in [4.69, 9.17) is 10.4 Å². The van der Waals surface area contributed by atoms with Gasteiger partial charge >= 0.3 is 7.62 Å². The van der Waals surface area contributed by atoms with Gasteiger partial charge in [-0.15, -0.1) is 0 Å². The molecular weight excluding hydrogens is 271 g/mol. The molecule has 22 heavy (non-hydrogen) atoms. The highest BCUT2D eigenvalue weighted by atomic mass is 16.4. The molecule has 1 aliphatic rings. The summed E-state index contributed by atoms with van der Waals surface area (Å²) in [5.74, 6) is 0. The van der Waals surface area contributed by atoms with E-state index >= 15 is 0 Å². The minimum Gasteiger partial charge on any atom is -0.420 e. The Morgan fingerprint density at radius 1 is 1.05 bits per heavy atom. The topological polar surface area (TPSA) is 47.3 Å². The van der Waals surface area contributed by atoms with E-state index in [1.807, 2.05) is 6.07 Å². The molecule has 3 nitrogen and oxygen atoms in total. The number of hydrogen-bond acceptors (Lipinski definition) is 3. The first-order valence-electron chi connectivity index (χ1n) is 7.99. The van der Waals surface area contributed by atoms with Crippen LogP contribution in [0.4, 0.5) is 0 Å². The van der Waals surface area contributed by atoms with Crippen molar-refractivity contribution < 1.29 is 4.65 Å². The van der Waals surface area contributed by atoms with Gasteiger partial charge in [-0.1, -0.05) is 60.7 Å². The summed E-state index contributed by atoms with van der Waals surface area (Å²) in [4.78, 5) is 0. The lowest BCUT2D eigenvalue weighted by molar-refractivity contribution is 0.129. The first kappa shape index (κ1) is 15.3. The quantitative estimate of drug-likeness (QED) is 0.827. The van der Waals surface area contributed by atoms with Crippen LogP contribution in [0.5, 0.6) is 0 Å². The molecule has 0 saturated carbocycles. The van der Waals surface area contributed by atoms with Crippen LogP contribution in [-0.2, 0) is 17.5 Å². The maximum absolute atomic E-state index is 6.38. The number of rotatable bonds is 5. The van der Waals surface area contributed by atoms with Crippen molar-refractivity contribution in [3.63, 3.8) is 0 Å². The van der Waals surface area contributed by atoms with Gasteiger partial charge in [0, 0.05) is 12.1 Å². The van der Waals surface area contributed by atoms with Crippen LogP contribution in [0.2, 0.25) is 0 Å². The highest BCUT2D eigenvalue weighted by Crippen LogP contribution is 2.17. The van der Waals surface area contributed by atoms with Crippen molar-refractivity contribution in [2.75, 3.05) is 0 Å². The second-order valence-electron chi connectivity index (χ2n) is 6.03. The lowest BCUT2D eigenvalue weighted by Crippen LogP contribution is -2.52. The van der Waals surface area contributed by atoms with Crippen molar-refractivity contribution in [3.05, 3.63) is 71.8 Å². The third-order valence-corrected chi connectivity index (χ3v) is 4.30. The van der Waals surface area contributed by atoms with Gasteiger partial charge in [-0.25, -0.2) is 0 Å². The molecule has 1 aliphatic heterocycles. The van der Waals surface area contributed by atoms with Crippen molar-refractivity contribution in [1.82, 2.24) is 5.23 Å². The molecule has 1 fully saturated rings. The normalized spacial score (nSPS) is 22.8. The zero-order chi connectivity index (χ0) is 15.2. The summed E-state index contributed by atoms with van der Waals surface area (Å²) in [5.41, 5.74) is 9.02. The fourth-order valence-electron chi connectivity index (χ4n) is 3.08. The van der Waals surface area contributed by atoms with E-state index in [2.05, 4.69) is 59.8 Å². The molecule has 1 unspecified atom stereocenters. The van der Waals surface area contributed by atoms with E-state index in [0.717, 1.165) is 19.3 Å². The van der Waals surface area contributed by atoms with Gasteiger partial charge < -0.3 is 15.6 Å². The van der Waals surface area contributed by atoms with E-state index in [9.17, 15) is 0 Å². The van der Waals surface area contributed by atoms with Crippen LogP contribution >= 0.6 is 0 Å². The predicted molar refractivity (Wildman–Crippen MR) is 91.8 cm³/mol. The van der Waals surface area contributed by atoms with Gasteiger partial charge in [-0.2, -0.15) is 0 Å². The molecule has 3 N–H and O–H groups in total. The predicted octanol–water partition coefficient (Wildman–Crippen LogP) is 1.81. The van der Waals surface area contributed by atoms with Crippen LogP contribution in [0.3, 0.4) is 0 Å². The summed E-state index contributed by atoms with van der Waals surface area (Å²) in [6.07, 6.45) is 2.97. The van der Waals surface area contributed by atoms with Gasteiger partial charge in [0.25, 0.3) is 0 Å². The standard InChI is InChI=1S/C18H23BN2O/c20-17(12-15-9-5-2-6-10-15)18-13-16(21-19-22-18)11-14-7-3-1-4-8-14/h1-10,16-19,21H,11-13,20H2/t16-,17?,18-/m0/s1. The molecular formula is C18H23BN2O. The monoisotopic (exact) mass is 294 g/mol. The van der Waals surface area contributed by atoms with Gasteiger partial charge in [-0.3, -0.25) is 0 Å². The highest BCUT2D eigenvalue weighted by molar-refractivity contribution is 6.24. The van der Waals surface area contributed by atoms with Crippen molar-refractivity contribution in [2.24, 2.45) is 5.73 Å². The minimum atomic E-state index is 0.0442. The molecule has 2 aromatic rings. The van der Waals surface area contributed by atoms with E-state index in [1.54, 1.807) is 0 Å². The summed E-state index contributed by atoms with van der Waals surface area (Å²) in [6.45, 7) is 0. The van der Waals surface area contributed by atoms with Crippen LogP contribution in [0.1, 0.15) is 17.5 Å². The summed E-state index contributed by atoms with van der Waals surface area (Å²) in [6, 6.07) is 21.5. The maximum Gasteiger partial charge on any atom is 0.361 e. The average molecular weight is 294 g/mol. The molecule has 114 valence electrons. The van der Waals surface area contributed by atoms with Crippen molar-refractivity contribution in [1.29, 1.82) is 0 Å². The smallest absolute Gasteiger partial charge is 0.361 e. The maximum atomic E-state index is 6.38. The Morgan fingerprint density at radius 3 is 2.36 bits per heavy atom. The Kier molecular flexibility index (Phi) is 5.27. The number of benzene rings is 2. The molecule has 0 bridgehead atoms. The molecule has 0 aliphatic carbocycles. The third kappa shape index (κ3) is 4.20. The molecule has 0 radical (unpaired) electrons. The molecule has 1 saturated heterocycles. The van der Waals surface area contributed by atoms with Crippen LogP contribution in [0.25, 0.3) is 0 Å². The van der Waals surface area contributed by atoms with Gasteiger partial charge in [0.15, 0.2) is 0 Å².